The molecule has 2 aromatic carbocycles. The molecular formula is C26H30N2O3. The molecule has 1 atom stereocenters. The molecule has 0 radical (unpaired) electrons. The van der Waals surface area contributed by atoms with E-state index in [0.717, 1.165) is 34.3 Å². The van der Waals surface area contributed by atoms with E-state index in [1.54, 1.807) is 0 Å². The number of hydrogen-bond donors (Lipinski definition) is 2. The third kappa shape index (κ3) is 5.61. The van der Waals surface area contributed by atoms with Gasteiger partial charge in [-0.1, -0.05) is 68.5 Å². The van der Waals surface area contributed by atoms with Crippen LogP contribution in [0.3, 0.4) is 0 Å². The molecule has 1 amide bonds. The Bertz CT molecular complexity index is 997. The fourth-order valence-corrected chi connectivity index (χ4v) is 4.49. The lowest BCUT2D eigenvalue weighted by Crippen LogP contribution is -2.31. The van der Waals surface area contributed by atoms with E-state index >= 15 is 0 Å². The molecule has 3 aromatic rings. The van der Waals surface area contributed by atoms with Gasteiger partial charge in [0.15, 0.2) is 0 Å². The van der Waals surface area contributed by atoms with Crippen molar-refractivity contribution in [1.82, 2.24) is 10.3 Å². The van der Waals surface area contributed by atoms with E-state index in [-0.39, 0.29) is 18.6 Å². The maximum absolute atomic E-state index is 12.6. The van der Waals surface area contributed by atoms with Gasteiger partial charge in [0.1, 0.15) is 19.1 Å². The number of carbonyl (C=O) groups excluding carboxylic acids is 1. The summed E-state index contributed by atoms with van der Waals surface area (Å²) in [6.45, 7) is 0.0562. The van der Waals surface area contributed by atoms with Gasteiger partial charge in [-0.15, -0.1) is 0 Å². The van der Waals surface area contributed by atoms with Crippen LogP contribution in [-0.4, -0.2) is 22.7 Å². The number of fused-ring (bicyclic) bond motifs is 1. The number of para-hydroxylation sites is 1. The van der Waals surface area contributed by atoms with Crippen LogP contribution in [0.5, 0.6) is 5.75 Å². The molecule has 0 bridgehead atoms. The van der Waals surface area contributed by atoms with Crippen LogP contribution in [0, 0.1) is 5.92 Å². The summed E-state index contributed by atoms with van der Waals surface area (Å²) in [6.07, 6.45) is 6.98. The van der Waals surface area contributed by atoms with Gasteiger partial charge >= 0.3 is 0 Å². The molecule has 1 aromatic heterocycles. The Morgan fingerprint density at radius 2 is 1.81 bits per heavy atom. The summed E-state index contributed by atoms with van der Waals surface area (Å²) in [5.41, 5.74) is 2.80. The van der Waals surface area contributed by atoms with Crippen LogP contribution in [0.15, 0.2) is 60.7 Å². The number of pyridine rings is 1. The minimum Gasteiger partial charge on any atom is -0.487 e. The van der Waals surface area contributed by atoms with Crippen LogP contribution in [-0.2, 0) is 11.4 Å². The Balaban J connectivity index is 1.42. The van der Waals surface area contributed by atoms with Gasteiger partial charge in [0, 0.05) is 5.39 Å². The van der Waals surface area contributed by atoms with Crippen molar-refractivity contribution in [3.8, 4) is 5.75 Å². The zero-order chi connectivity index (χ0) is 21.5. The molecule has 1 unspecified atom stereocenters. The monoisotopic (exact) mass is 418 g/mol. The lowest BCUT2D eigenvalue weighted by atomic mass is 9.80. The number of carbonyl (C=O) groups is 1. The van der Waals surface area contributed by atoms with Crippen LogP contribution < -0.4 is 10.1 Å². The number of nitrogens with one attached hydrogen (secondary N) is 1. The van der Waals surface area contributed by atoms with Gasteiger partial charge in [0.25, 0.3) is 0 Å². The van der Waals surface area contributed by atoms with Gasteiger partial charge in [0.05, 0.1) is 17.1 Å². The van der Waals surface area contributed by atoms with Crippen molar-refractivity contribution in [2.45, 2.75) is 51.0 Å². The molecule has 5 nitrogen and oxygen atoms in total. The van der Waals surface area contributed by atoms with Crippen molar-refractivity contribution in [3.05, 3.63) is 71.9 Å². The van der Waals surface area contributed by atoms with Crippen LogP contribution in [0.25, 0.3) is 10.9 Å². The molecule has 1 saturated carbocycles. The average molecular weight is 419 g/mol. The number of aliphatic hydroxyl groups is 1. The van der Waals surface area contributed by atoms with Crippen molar-refractivity contribution in [2.24, 2.45) is 5.92 Å². The van der Waals surface area contributed by atoms with E-state index in [1.165, 1.54) is 32.1 Å². The summed E-state index contributed by atoms with van der Waals surface area (Å²) in [4.78, 5) is 17.3. The van der Waals surface area contributed by atoms with Crippen LogP contribution in [0.4, 0.5) is 0 Å². The van der Waals surface area contributed by atoms with Crippen LogP contribution in [0.1, 0.15) is 55.7 Å². The second-order valence-corrected chi connectivity index (χ2v) is 8.34. The second kappa shape index (κ2) is 10.4. The fourth-order valence-electron chi connectivity index (χ4n) is 4.49. The zero-order valence-corrected chi connectivity index (χ0v) is 17.8. The molecule has 0 spiro atoms. The summed E-state index contributed by atoms with van der Waals surface area (Å²) < 4.78 is 5.93. The quantitative estimate of drug-likeness (QED) is 0.509. The van der Waals surface area contributed by atoms with Gasteiger partial charge < -0.3 is 15.2 Å². The molecule has 5 heteroatoms. The van der Waals surface area contributed by atoms with E-state index < -0.39 is 0 Å². The number of aromatic nitrogens is 1. The van der Waals surface area contributed by atoms with Crippen LogP contribution >= 0.6 is 0 Å². The predicted octanol–water partition coefficient (Wildman–Crippen LogP) is 4.93. The van der Waals surface area contributed by atoms with Crippen molar-refractivity contribution < 1.29 is 14.6 Å². The summed E-state index contributed by atoms with van der Waals surface area (Å²) in [5.74, 6) is 0.962. The Hall–Kier alpha value is -2.92. The van der Waals surface area contributed by atoms with Gasteiger partial charge in [-0.3, -0.25) is 4.79 Å². The molecule has 1 aliphatic carbocycles. The minimum atomic E-state index is -0.333. The highest BCUT2D eigenvalue weighted by Crippen LogP contribution is 2.34. The van der Waals surface area contributed by atoms with Crippen molar-refractivity contribution in [2.75, 3.05) is 6.73 Å². The van der Waals surface area contributed by atoms with Gasteiger partial charge in [-0.05, 0) is 42.2 Å². The van der Waals surface area contributed by atoms with E-state index in [2.05, 4.69) is 16.4 Å². The molecule has 2 N–H and O–H groups in total. The number of aliphatic hydroxyl groups excluding tert-OH is 1. The summed E-state index contributed by atoms with van der Waals surface area (Å²) in [6, 6.07) is 19.8. The Morgan fingerprint density at radius 3 is 2.58 bits per heavy atom. The number of rotatable bonds is 8. The molecule has 162 valence electrons. The molecule has 31 heavy (non-hydrogen) atoms. The van der Waals surface area contributed by atoms with Crippen molar-refractivity contribution in [1.29, 1.82) is 0 Å². The largest absolute Gasteiger partial charge is 0.487 e. The van der Waals surface area contributed by atoms with Gasteiger partial charge in [-0.25, -0.2) is 4.98 Å². The van der Waals surface area contributed by atoms with E-state index in [1.807, 2.05) is 54.6 Å². The summed E-state index contributed by atoms with van der Waals surface area (Å²) >= 11 is 0. The highest BCUT2D eigenvalue weighted by molar-refractivity contribution is 5.83. The number of hydrogen-bond acceptors (Lipinski definition) is 4. The molecular weight excluding hydrogens is 388 g/mol. The molecule has 1 aliphatic rings. The number of nitrogens with zero attached hydrogens (tertiary/aromatic N) is 1. The topological polar surface area (TPSA) is 71.5 Å². The highest BCUT2D eigenvalue weighted by Gasteiger charge is 2.25. The van der Waals surface area contributed by atoms with E-state index in [0.29, 0.717) is 12.5 Å². The minimum absolute atomic E-state index is 0.109. The zero-order valence-electron chi connectivity index (χ0n) is 17.8. The van der Waals surface area contributed by atoms with Gasteiger partial charge in [0.2, 0.25) is 5.91 Å². The first-order valence-electron chi connectivity index (χ1n) is 11.2. The van der Waals surface area contributed by atoms with Crippen LogP contribution in [0.2, 0.25) is 0 Å². The lowest BCUT2D eigenvalue weighted by molar-refractivity contribution is -0.124. The third-order valence-electron chi connectivity index (χ3n) is 6.19. The van der Waals surface area contributed by atoms with Crippen molar-refractivity contribution in [3.63, 3.8) is 0 Å². The standard InChI is InChI=1S/C26H30N2O3/c29-18-27-26(30)24(16-19-6-2-1-3-7-19)20-11-14-23(15-12-20)31-17-22-13-10-21-8-4-5-9-25(21)28-22/h4-5,8-15,19,24,29H,1-3,6-7,16-18H2,(H,27,30). The normalized spacial score (nSPS) is 15.5. The Kier molecular flexibility index (Phi) is 7.15. The maximum Gasteiger partial charge on any atom is 0.229 e. The first-order chi connectivity index (χ1) is 15.2. The Labute approximate surface area is 183 Å². The molecule has 1 heterocycles. The third-order valence-corrected chi connectivity index (χ3v) is 6.19. The predicted molar refractivity (Wildman–Crippen MR) is 122 cm³/mol. The summed E-state index contributed by atoms with van der Waals surface area (Å²) in [5, 5.41) is 12.9. The summed E-state index contributed by atoms with van der Waals surface area (Å²) in [7, 11) is 0. The van der Waals surface area contributed by atoms with Gasteiger partial charge in [-0.2, -0.15) is 0 Å². The molecule has 0 aliphatic heterocycles. The number of benzene rings is 2. The fraction of sp³-hybridized carbons (Fsp3) is 0.385. The molecule has 4 rings (SSSR count). The first kappa shape index (κ1) is 21.3. The second-order valence-electron chi connectivity index (χ2n) is 8.34. The number of amides is 1. The molecule has 0 saturated heterocycles. The SMILES string of the molecule is O=C(NCO)C(CC1CCCCC1)c1ccc(OCc2ccc3ccccc3n2)cc1. The average Bonchev–Trinajstić information content (AvgIpc) is 2.82. The first-order valence-corrected chi connectivity index (χ1v) is 11.2. The Morgan fingerprint density at radius 1 is 1.03 bits per heavy atom. The van der Waals surface area contributed by atoms with E-state index in [9.17, 15) is 4.79 Å². The molecule has 1 fully saturated rings. The smallest absolute Gasteiger partial charge is 0.229 e. The maximum atomic E-state index is 12.6. The number of ether oxygens (including phenoxy) is 1. The highest BCUT2D eigenvalue weighted by atomic mass is 16.5. The van der Waals surface area contributed by atoms with Crippen molar-refractivity contribution >= 4 is 16.8 Å². The lowest BCUT2D eigenvalue weighted by Gasteiger charge is -2.26. The van der Waals surface area contributed by atoms with E-state index in [4.69, 9.17) is 9.84 Å².